The van der Waals surface area contributed by atoms with Crippen LogP contribution in [0.3, 0.4) is 0 Å². The lowest BCUT2D eigenvalue weighted by Gasteiger charge is -2.29. The number of nitrogens with zero attached hydrogens (tertiary/aromatic N) is 1. The molecule has 2 aromatic rings. The van der Waals surface area contributed by atoms with E-state index < -0.39 is 11.7 Å². The Hall–Kier alpha value is -2.57. The molecule has 0 aromatic heterocycles. The fourth-order valence-electron chi connectivity index (χ4n) is 2.88. The zero-order valence-electron chi connectivity index (χ0n) is 13.2. The summed E-state index contributed by atoms with van der Waals surface area (Å²) in [5.74, 6) is -0.276. The van der Waals surface area contributed by atoms with E-state index in [2.05, 4.69) is 5.32 Å². The van der Waals surface area contributed by atoms with Crippen molar-refractivity contribution in [2.75, 3.05) is 6.54 Å². The molecule has 1 aliphatic rings. The van der Waals surface area contributed by atoms with E-state index in [1.165, 1.54) is 23.1 Å². The second-order valence-electron chi connectivity index (χ2n) is 5.91. The van der Waals surface area contributed by atoms with E-state index in [4.69, 9.17) is 0 Å². The molecular formula is C18H16F4N2O. The number of fused-ring (bicyclic) bond motifs is 1. The van der Waals surface area contributed by atoms with Crippen molar-refractivity contribution in [2.24, 2.45) is 0 Å². The van der Waals surface area contributed by atoms with Gasteiger partial charge in [-0.25, -0.2) is 9.18 Å². The number of nitrogens with one attached hydrogen (secondary N) is 1. The van der Waals surface area contributed by atoms with Gasteiger partial charge in [0.25, 0.3) is 0 Å². The third-order valence-corrected chi connectivity index (χ3v) is 4.19. The second-order valence-corrected chi connectivity index (χ2v) is 5.91. The standard InChI is InChI=1S/C18H16F4N2O/c19-16-6-2-4-13-11-24(8-7-15(13)16)17(25)23-10-12-3-1-5-14(9-12)18(20,21)22/h1-6,9H,7-8,10-11H2,(H,23,25). The number of carbonyl (C=O) groups excluding carboxylic acids is 1. The molecule has 1 aliphatic heterocycles. The van der Waals surface area contributed by atoms with E-state index >= 15 is 0 Å². The van der Waals surface area contributed by atoms with Gasteiger partial charge in [-0.05, 0) is 41.3 Å². The summed E-state index contributed by atoms with van der Waals surface area (Å²) in [5.41, 5.74) is 0.984. The Morgan fingerprint density at radius 3 is 2.68 bits per heavy atom. The highest BCUT2D eigenvalue weighted by atomic mass is 19.4. The molecule has 1 heterocycles. The maximum Gasteiger partial charge on any atom is 0.416 e. The Kier molecular flexibility index (Phi) is 4.65. The number of benzene rings is 2. The van der Waals surface area contributed by atoms with Crippen molar-refractivity contribution in [3.63, 3.8) is 0 Å². The van der Waals surface area contributed by atoms with Crippen LogP contribution in [0.1, 0.15) is 22.3 Å². The molecule has 0 unspecified atom stereocenters. The lowest BCUT2D eigenvalue weighted by atomic mass is 9.99. The van der Waals surface area contributed by atoms with Crippen LogP contribution in [0.25, 0.3) is 0 Å². The Bertz CT molecular complexity index is 789. The molecule has 2 amide bonds. The molecule has 0 spiro atoms. The zero-order valence-corrected chi connectivity index (χ0v) is 13.2. The topological polar surface area (TPSA) is 32.3 Å². The molecule has 0 fully saturated rings. The lowest BCUT2D eigenvalue weighted by Crippen LogP contribution is -2.42. The maximum atomic E-state index is 13.7. The van der Waals surface area contributed by atoms with Gasteiger partial charge in [-0.15, -0.1) is 0 Å². The van der Waals surface area contributed by atoms with Gasteiger partial charge in [0, 0.05) is 19.6 Å². The number of carbonyl (C=O) groups is 1. The van der Waals surface area contributed by atoms with Crippen molar-refractivity contribution in [1.29, 1.82) is 0 Å². The molecule has 0 aliphatic carbocycles. The summed E-state index contributed by atoms with van der Waals surface area (Å²) in [6.07, 6.45) is -4.00. The SMILES string of the molecule is O=C(NCc1cccc(C(F)(F)F)c1)N1CCc2c(F)cccc2C1. The van der Waals surface area contributed by atoms with Crippen LogP contribution >= 0.6 is 0 Å². The van der Waals surface area contributed by atoms with Crippen molar-refractivity contribution in [2.45, 2.75) is 25.7 Å². The summed E-state index contributed by atoms with van der Waals surface area (Å²) in [7, 11) is 0. The predicted molar refractivity (Wildman–Crippen MR) is 84.2 cm³/mol. The molecule has 25 heavy (non-hydrogen) atoms. The van der Waals surface area contributed by atoms with E-state index in [1.54, 1.807) is 12.1 Å². The molecular weight excluding hydrogens is 336 g/mol. The van der Waals surface area contributed by atoms with Crippen LogP contribution in [0.5, 0.6) is 0 Å². The van der Waals surface area contributed by atoms with Gasteiger partial charge in [0.2, 0.25) is 0 Å². The van der Waals surface area contributed by atoms with Gasteiger partial charge < -0.3 is 10.2 Å². The molecule has 3 nitrogen and oxygen atoms in total. The van der Waals surface area contributed by atoms with Gasteiger partial charge in [0.1, 0.15) is 5.82 Å². The molecule has 0 saturated heterocycles. The third kappa shape index (κ3) is 3.92. The smallest absolute Gasteiger partial charge is 0.334 e. The minimum atomic E-state index is -4.42. The van der Waals surface area contributed by atoms with Gasteiger partial charge >= 0.3 is 12.2 Å². The zero-order chi connectivity index (χ0) is 18.0. The first-order valence-electron chi connectivity index (χ1n) is 7.80. The summed E-state index contributed by atoms with van der Waals surface area (Å²) < 4.78 is 51.8. The van der Waals surface area contributed by atoms with E-state index in [0.29, 0.717) is 24.1 Å². The normalized spacial score (nSPS) is 14.2. The fraction of sp³-hybridized carbons (Fsp3) is 0.278. The summed E-state index contributed by atoms with van der Waals surface area (Å²) in [6, 6.07) is 9.21. The lowest BCUT2D eigenvalue weighted by molar-refractivity contribution is -0.137. The maximum absolute atomic E-state index is 13.7. The number of rotatable bonds is 2. The van der Waals surface area contributed by atoms with Crippen LogP contribution in [0.2, 0.25) is 0 Å². The van der Waals surface area contributed by atoms with Crippen molar-refractivity contribution in [3.8, 4) is 0 Å². The molecule has 7 heteroatoms. The minimum absolute atomic E-state index is 0.00470. The quantitative estimate of drug-likeness (QED) is 0.811. The van der Waals surface area contributed by atoms with Gasteiger partial charge in [-0.3, -0.25) is 0 Å². The Morgan fingerprint density at radius 2 is 1.92 bits per heavy atom. The predicted octanol–water partition coefficient (Wildman–Crippen LogP) is 4.11. The van der Waals surface area contributed by atoms with Crippen LogP contribution < -0.4 is 5.32 Å². The van der Waals surface area contributed by atoms with Crippen LogP contribution in [0.15, 0.2) is 42.5 Å². The van der Waals surface area contributed by atoms with Crippen LogP contribution in [0, 0.1) is 5.82 Å². The highest BCUT2D eigenvalue weighted by Gasteiger charge is 2.30. The largest absolute Gasteiger partial charge is 0.416 e. The summed E-state index contributed by atoms with van der Waals surface area (Å²) in [4.78, 5) is 13.8. The molecule has 1 N–H and O–H groups in total. The molecule has 3 rings (SSSR count). The number of hydrogen-bond donors (Lipinski definition) is 1. The average molecular weight is 352 g/mol. The average Bonchev–Trinajstić information content (AvgIpc) is 2.59. The first kappa shape index (κ1) is 17.3. The number of hydrogen-bond acceptors (Lipinski definition) is 1. The van der Waals surface area contributed by atoms with Crippen molar-refractivity contribution in [1.82, 2.24) is 10.2 Å². The van der Waals surface area contributed by atoms with Crippen LogP contribution in [-0.2, 0) is 25.7 Å². The second kappa shape index (κ2) is 6.74. The third-order valence-electron chi connectivity index (χ3n) is 4.19. The van der Waals surface area contributed by atoms with Gasteiger partial charge in [-0.2, -0.15) is 13.2 Å². The highest BCUT2D eigenvalue weighted by molar-refractivity contribution is 5.74. The summed E-state index contributed by atoms with van der Waals surface area (Å²) in [5, 5.41) is 2.62. The van der Waals surface area contributed by atoms with Crippen LogP contribution in [0.4, 0.5) is 22.4 Å². The summed E-state index contributed by atoms with van der Waals surface area (Å²) in [6.45, 7) is 0.638. The molecule has 132 valence electrons. The van der Waals surface area contributed by atoms with Crippen molar-refractivity contribution < 1.29 is 22.4 Å². The first-order valence-corrected chi connectivity index (χ1v) is 7.80. The molecule has 2 aromatic carbocycles. The molecule has 0 bridgehead atoms. The fourth-order valence-corrected chi connectivity index (χ4v) is 2.88. The van der Waals surface area contributed by atoms with Crippen molar-refractivity contribution >= 4 is 6.03 Å². The van der Waals surface area contributed by atoms with E-state index in [-0.39, 0.29) is 24.9 Å². The van der Waals surface area contributed by atoms with Gasteiger partial charge in [-0.1, -0.05) is 24.3 Å². The summed E-state index contributed by atoms with van der Waals surface area (Å²) >= 11 is 0. The Labute approximate surface area is 142 Å². The number of amides is 2. The van der Waals surface area contributed by atoms with Gasteiger partial charge in [0.15, 0.2) is 0 Å². The molecule has 0 atom stereocenters. The van der Waals surface area contributed by atoms with E-state index in [0.717, 1.165) is 17.7 Å². The van der Waals surface area contributed by atoms with E-state index in [1.807, 2.05) is 0 Å². The monoisotopic (exact) mass is 352 g/mol. The Morgan fingerprint density at radius 1 is 1.16 bits per heavy atom. The van der Waals surface area contributed by atoms with Crippen molar-refractivity contribution in [3.05, 3.63) is 70.5 Å². The Balaban J connectivity index is 1.62. The number of urea groups is 1. The van der Waals surface area contributed by atoms with Crippen LogP contribution in [-0.4, -0.2) is 17.5 Å². The minimum Gasteiger partial charge on any atom is -0.334 e. The number of alkyl halides is 3. The number of halogens is 4. The van der Waals surface area contributed by atoms with E-state index in [9.17, 15) is 22.4 Å². The molecule has 0 radical (unpaired) electrons. The highest BCUT2D eigenvalue weighted by Crippen LogP contribution is 2.29. The first-order chi connectivity index (χ1) is 11.8. The van der Waals surface area contributed by atoms with Gasteiger partial charge in [0.05, 0.1) is 5.56 Å². The molecule has 0 saturated carbocycles.